The Morgan fingerprint density at radius 2 is 2.50 bits per heavy atom. The SMILES string of the molecule is C=C1CN(C)C(=O)O1. The second-order valence-electron chi connectivity index (χ2n) is 1.76. The molecule has 8 heavy (non-hydrogen) atoms. The van der Waals surface area contributed by atoms with E-state index in [9.17, 15) is 4.79 Å². The first-order valence-electron chi connectivity index (χ1n) is 2.31. The smallest absolute Gasteiger partial charge is 0.413 e. The van der Waals surface area contributed by atoms with Gasteiger partial charge in [0.25, 0.3) is 0 Å². The number of carbonyl (C=O) groups excluding carboxylic acids is 1. The van der Waals surface area contributed by atoms with Gasteiger partial charge in [-0.2, -0.15) is 0 Å². The molecule has 0 aromatic rings. The molecule has 3 nitrogen and oxygen atoms in total. The maximum absolute atomic E-state index is 10.4. The van der Waals surface area contributed by atoms with E-state index in [2.05, 4.69) is 11.3 Å². The first-order valence-corrected chi connectivity index (χ1v) is 2.31. The van der Waals surface area contributed by atoms with Crippen LogP contribution >= 0.6 is 0 Å². The lowest BCUT2D eigenvalue weighted by Gasteiger charge is -1.98. The molecule has 0 saturated carbocycles. The Hall–Kier alpha value is -0.990. The van der Waals surface area contributed by atoms with Crippen LogP contribution in [0.4, 0.5) is 4.79 Å². The fraction of sp³-hybridized carbons (Fsp3) is 0.400. The minimum Gasteiger partial charge on any atom is -0.413 e. The molecule has 3 heteroatoms. The van der Waals surface area contributed by atoms with Gasteiger partial charge in [0.15, 0.2) is 0 Å². The van der Waals surface area contributed by atoms with Crippen LogP contribution in [-0.2, 0) is 4.74 Å². The summed E-state index contributed by atoms with van der Waals surface area (Å²) in [5, 5.41) is 0. The molecule has 0 aromatic heterocycles. The van der Waals surface area contributed by atoms with Crippen molar-refractivity contribution in [3.8, 4) is 0 Å². The first kappa shape index (κ1) is 5.15. The summed E-state index contributed by atoms with van der Waals surface area (Å²) in [4.78, 5) is 11.9. The van der Waals surface area contributed by atoms with Crippen LogP contribution < -0.4 is 0 Å². The van der Waals surface area contributed by atoms with Crippen LogP contribution in [0.3, 0.4) is 0 Å². The molecule has 1 saturated heterocycles. The van der Waals surface area contributed by atoms with Crippen molar-refractivity contribution in [3.05, 3.63) is 12.3 Å². The topological polar surface area (TPSA) is 29.5 Å². The van der Waals surface area contributed by atoms with Crippen molar-refractivity contribution in [2.45, 2.75) is 0 Å². The zero-order chi connectivity index (χ0) is 6.15. The molecular weight excluding hydrogens is 106 g/mol. The van der Waals surface area contributed by atoms with Gasteiger partial charge in [-0.3, -0.25) is 0 Å². The predicted octanol–water partition coefficient (Wildman–Crippen LogP) is 0.582. The Labute approximate surface area is 47.5 Å². The molecule has 0 radical (unpaired) electrons. The number of ether oxygens (including phenoxy) is 1. The molecule has 1 fully saturated rings. The third-order valence-corrected chi connectivity index (χ3v) is 0.957. The second-order valence-corrected chi connectivity index (χ2v) is 1.76. The highest BCUT2D eigenvalue weighted by Crippen LogP contribution is 2.08. The van der Waals surface area contributed by atoms with Gasteiger partial charge in [-0.1, -0.05) is 6.58 Å². The van der Waals surface area contributed by atoms with E-state index in [1.54, 1.807) is 7.05 Å². The van der Waals surface area contributed by atoms with Gasteiger partial charge in [-0.15, -0.1) is 0 Å². The van der Waals surface area contributed by atoms with Crippen molar-refractivity contribution < 1.29 is 9.53 Å². The highest BCUT2D eigenvalue weighted by molar-refractivity contribution is 5.71. The lowest BCUT2D eigenvalue weighted by atomic mass is 10.5. The molecule has 1 heterocycles. The van der Waals surface area contributed by atoms with Gasteiger partial charge >= 0.3 is 6.09 Å². The highest BCUT2D eigenvalue weighted by atomic mass is 16.6. The summed E-state index contributed by atoms with van der Waals surface area (Å²) in [6.07, 6.45) is -0.310. The molecule has 1 aliphatic rings. The van der Waals surface area contributed by atoms with Crippen molar-refractivity contribution in [3.63, 3.8) is 0 Å². The molecule has 0 atom stereocenters. The van der Waals surface area contributed by atoms with Crippen LogP contribution in [0.25, 0.3) is 0 Å². The Morgan fingerprint density at radius 1 is 1.88 bits per heavy atom. The van der Waals surface area contributed by atoms with E-state index in [-0.39, 0.29) is 6.09 Å². The molecule has 0 N–H and O–H groups in total. The molecule has 0 aromatic carbocycles. The van der Waals surface area contributed by atoms with E-state index >= 15 is 0 Å². The average molecular weight is 113 g/mol. The Balaban J connectivity index is 2.64. The first-order chi connectivity index (χ1) is 3.70. The van der Waals surface area contributed by atoms with E-state index in [0.29, 0.717) is 12.3 Å². The maximum Gasteiger partial charge on any atom is 0.415 e. The fourth-order valence-electron chi connectivity index (χ4n) is 0.563. The summed E-state index contributed by atoms with van der Waals surface area (Å²) in [5.74, 6) is 0.525. The lowest BCUT2D eigenvalue weighted by Crippen LogP contribution is -2.17. The number of nitrogens with zero attached hydrogens (tertiary/aromatic N) is 1. The van der Waals surface area contributed by atoms with Crippen LogP contribution in [-0.4, -0.2) is 24.6 Å². The van der Waals surface area contributed by atoms with Crippen LogP contribution in [0, 0.1) is 0 Å². The van der Waals surface area contributed by atoms with Crippen molar-refractivity contribution in [2.75, 3.05) is 13.6 Å². The van der Waals surface area contributed by atoms with Crippen molar-refractivity contribution >= 4 is 6.09 Å². The van der Waals surface area contributed by atoms with Gasteiger partial charge in [-0.25, -0.2) is 4.79 Å². The number of carbonyl (C=O) groups is 1. The zero-order valence-corrected chi connectivity index (χ0v) is 4.68. The van der Waals surface area contributed by atoms with E-state index in [1.807, 2.05) is 0 Å². The van der Waals surface area contributed by atoms with Crippen molar-refractivity contribution in [1.29, 1.82) is 0 Å². The summed E-state index contributed by atoms with van der Waals surface area (Å²) >= 11 is 0. The average Bonchev–Trinajstić information content (AvgIpc) is 1.85. The number of hydrogen-bond acceptors (Lipinski definition) is 2. The molecule has 1 aliphatic heterocycles. The summed E-state index contributed by atoms with van der Waals surface area (Å²) < 4.78 is 4.57. The monoisotopic (exact) mass is 113 g/mol. The third-order valence-electron chi connectivity index (χ3n) is 0.957. The van der Waals surface area contributed by atoms with Crippen LogP contribution in [0.2, 0.25) is 0 Å². The number of cyclic esters (lactones) is 1. The van der Waals surface area contributed by atoms with Gasteiger partial charge in [-0.05, 0) is 0 Å². The zero-order valence-electron chi connectivity index (χ0n) is 4.68. The van der Waals surface area contributed by atoms with Gasteiger partial charge in [0.05, 0.1) is 6.54 Å². The van der Waals surface area contributed by atoms with Crippen molar-refractivity contribution in [2.24, 2.45) is 0 Å². The van der Waals surface area contributed by atoms with Gasteiger partial charge in [0.1, 0.15) is 5.76 Å². The number of rotatable bonds is 0. The third kappa shape index (κ3) is 0.665. The standard InChI is InChI=1S/C5H7NO2/c1-4-3-6(2)5(7)8-4/h1,3H2,2H3. The lowest BCUT2D eigenvalue weighted by molar-refractivity contribution is 0.175. The maximum atomic E-state index is 10.4. The molecule has 1 amide bonds. The number of hydrogen-bond donors (Lipinski definition) is 0. The summed E-state index contributed by atoms with van der Waals surface area (Å²) in [5.41, 5.74) is 0. The van der Waals surface area contributed by atoms with E-state index in [0.717, 1.165) is 0 Å². The van der Waals surface area contributed by atoms with Gasteiger partial charge in [0.2, 0.25) is 0 Å². The summed E-state index contributed by atoms with van der Waals surface area (Å²) in [6, 6.07) is 0. The number of amides is 1. The Morgan fingerprint density at radius 3 is 2.62 bits per heavy atom. The largest absolute Gasteiger partial charge is 0.415 e. The van der Waals surface area contributed by atoms with Crippen LogP contribution in [0.15, 0.2) is 12.3 Å². The van der Waals surface area contributed by atoms with Gasteiger partial charge < -0.3 is 9.64 Å². The molecule has 0 bridgehead atoms. The fourth-order valence-corrected chi connectivity index (χ4v) is 0.563. The normalized spacial score (nSPS) is 19.4. The predicted molar refractivity (Wildman–Crippen MR) is 28.3 cm³/mol. The van der Waals surface area contributed by atoms with Crippen LogP contribution in [0.5, 0.6) is 0 Å². The van der Waals surface area contributed by atoms with E-state index in [1.165, 1.54) is 4.90 Å². The molecule has 0 aliphatic carbocycles. The van der Waals surface area contributed by atoms with Crippen molar-refractivity contribution in [1.82, 2.24) is 4.90 Å². The molecular formula is C5H7NO2. The molecule has 1 rings (SSSR count). The molecule has 44 valence electrons. The second kappa shape index (κ2) is 1.51. The minimum absolute atomic E-state index is 0.310. The summed E-state index contributed by atoms with van der Waals surface area (Å²) in [6.45, 7) is 4.00. The van der Waals surface area contributed by atoms with Gasteiger partial charge in [0, 0.05) is 7.05 Å². The Bertz CT molecular complexity index is 141. The van der Waals surface area contributed by atoms with E-state index in [4.69, 9.17) is 0 Å². The minimum atomic E-state index is -0.310. The molecule has 0 spiro atoms. The van der Waals surface area contributed by atoms with E-state index < -0.39 is 0 Å². The number of likely N-dealkylation sites (N-methyl/N-ethyl adjacent to an activating group) is 1. The Kier molecular flexibility index (Phi) is 0.970. The highest BCUT2D eigenvalue weighted by Gasteiger charge is 2.20. The molecule has 0 unspecified atom stereocenters. The van der Waals surface area contributed by atoms with Crippen LogP contribution in [0.1, 0.15) is 0 Å². The summed E-state index contributed by atoms with van der Waals surface area (Å²) in [7, 11) is 1.67. The quantitative estimate of drug-likeness (QED) is 0.460.